The molecule has 0 unspecified atom stereocenters. The molecule has 1 aromatic heterocycles. The predicted molar refractivity (Wildman–Crippen MR) is 230 cm³/mol. The summed E-state index contributed by atoms with van der Waals surface area (Å²) >= 11 is 6.81. The van der Waals surface area contributed by atoms with Crippen molar-refractivity contribution < 1.29 is 34.0 Å². The van der Waals surface area contributed by atoms with Crippen molar-refractivity contribution >= 4 is 23.4 Å². The topological polar surface area (TPSA) is 142 Å². The molecule has 7 rings (SSSR count). The van der Waals surface area contributed by atoms with E-state index in [1.807, 2.05) is 24.3 Å². The average Bonchev–Trinajstić information content (AvgIpc) is 3.62. The van der Waals surface area contributed by atoms with Gasteiger partial charge in [0, 0.05) is 61.9 Å². The zero-order valence-corrected chi connectivity index (χ0v) is 34.8. The Morgan fingerprint density at radius 2 is 1.65 bits per heavy atom. The van der Waals surface area contributed by atoms with E-state index in [0.717, 1.165) is 94.7 Å². The number of aromatic nitrogens is 1. The summed E-state index contributed by atoms with van der Waals surface area (Å²) < 4.78 is 18.7. The number of aliphatic hydroxyl groups excluding tert-OH is 1. The molecule has 1 aliphatic carbocycles. The summed E-state index contributed by atoms with van der Waals surface area (Å²) in [5.41, 5.74) is 9.90. The van der Waals surface area contributed by atoms with E-state index in [1.165, 1.54) is 6.20 Å². The molecule has 2 N–H and O–H groups in total. The van der Waals surface area contributed by atoms with Crippen LogP contribution in [0, 0.1) is 30.6 Å². The van der Waals surface area contributed by atoms with Gasteiger partial charge in [0.05, 0.1) is 23.1 Å². The molecular weight excluding hydrogens is 778 g/mol. The molecule has 2 fully saturated rings. The Hall–Kier alpha value is -5.73. The molecule has 1 aliphatic heterocycles. The highest BCUT2D eigenvalue weighted by molar-refractivity contribution is 6.32. The molecule has 5 aromatic rings. The number of carboxylic acids is 1. The van der Waals surface area contributed by atoms with Crippen molar-refractivity contribution in [1.82, 2.24) is 9.88 Å². The summed E-state index contributed by atoms with van der Waals surface area (Å²) in [5.74, 6) is 1.18. The highest BCUT2D eigenvalue weighted by Gasteiger charge is 2.47. The molecule has 11 heteroatoms. The number of ketones is 1. The van der Waals surface area contributed by atoms with Crippen LogP contribution in [0.25, 0.3) is 22.3 Å². The fourth-order valence-corrected chi connectivity index (χ4v) is 8.76. The number of nitrogens with zero attached hydrogens (tertiary/aromatic N) is 3. The van der Waals surface area contributed by atoms with Crippen LogP contribution in [0.2, 0.25) is 5.02 Å². The van der Waals surface area contributed by atoms with Crippen LogP contribution in [0.3, 0.4) is 0 Å². The van der Waals surface area contributed by atoms with Crippen LogP contribution in [0.4, 0.5) is 0 Å². The monoisotopic (exact) mass is 827 g/mol. The van der Waals surface area contributed by atoms with Crippen LogP contribution < -0.4 is 14.2 Å². The van der Waals surface area contributed by atoms with Crippen LogP contribution in [-0.4, -0.2) is 64.2 Å². The number of nitriles is 1. The normalized spacial score (nSPS) is 15.0. The van der Waals surface area contributed by atoms with E-state index in [0.29, 0.717) is 53.7 Å². The second-order valence-corrected chi connectivity index (χ2v) is 16.6. The Morgan fingerprint density at radius 1 is 0.917 bits per heavy atom. The number of carbonyl (C=O) groups is 2. The first-order valence-electron chi connectivity index (χ1n) is 20.5. The first kappa shape index (κ1) is 42.4. The van der Waals surface area contributed by atoms with Crippen LogP contribution in [0.1, 0.15) is 71.9 Å². The Labute approximate surface area is 356 Å². The van der Waals surface area contributed by atoms with Crippen molar-refractivity contribution in [2.45, 2.75) is 78.1 Å². The highest BCUT2D eigenvalue weighted by Crippen LogP contribution is 2.44. The molecule has 0 amide bonds. The van der Waals surface area contributed by atoms with Crippen LogP contribution in [-0.2, 0) is 29.2 Å². The lowest BCUT2D eigenvalue weighted by Crippen LogP contribution is -2.55. The highest BCUT2D eigenvalue weighted by atomic mass is 35.5. The SMILES string of the molecule is Cc1c(COc2cc(OCc3cncc(C#N)c3)c(CCC[C@@H](O)CC(=O)O)cc2Cl)cccc1-c1cccc(-c2ccc(OCCN3CC4(CCC(=O)C4)C3)cc2)c1C. The second-order valence-electron chi connectivity index (χ2n) is 16.2. The van der Waals surface area contributed by atoms with E-state index in [9.17, 15) is 20.0 Å². The first-order chi connectivity index (χ1) is 29.0. The van der Waals surface area contributed by atoms with Crippen molar-refractivity contribution in [2.75, 3.05) is 26.2 Å². The summed E-state index contributed by atoms with van der Waals surface area (Å²) in [7, 11) is 0. The van der Waals surface area contributed by atoms with E-state index < -0.39 is 12.1 Å². The Balaban J connectivity index is 1.02. The number of ether oxygens (including phenoxy) is 3. The van der Waals surface area contributed by atoms with Gasteiger partial charge >= 0.3 is 5.97 Å². The van der Waals surface area contributed by atoms with Crippen LogP contribution in [0.5, 0.6) is 17.2 Å². The van der Waals surface area contributed by atoms with Crippen LogP contribution >= 0.6 is 11.6 Å². The van der Waals surface area contributed by atoms with Gasteiger partial charge in [-0.1, -0.05) is 60.1 Å². The fraction of sp³-hybridized carbons (Fsp3) is 0.347. The number of benzene rings is 4. The summed E-state index contributed by atoms with van der Waals surface area (Å²) in [5, 5.41) is 28.9. The van der Waals surface area contributed by atoms with Crippen molar-refractivity contribution in [3.63, 3.8) is 0 Å². The van der Waals surface area contributed by atoms with Crippen LogP contribution in [0.15, 0.2) is 91.3 Å². The van der Waals surface area contributed by atoms with Gasteiger partial charge in [-0.25, -0.2) is 0 Å². The third-order valence-electron chi connectivity index (χ3n) is 11.7. The minimum Gasteiger partial charge on any atom is -0.492 e. The number of rotatable bonds is 18. The number of aryl methyl sites for hydroxylation is 1. The van der Waals surface area contributed by atoms with E-state index in [2.05, 4.69) is 66.2 Å². The zero-order chi connectivity index (χ0) is 42.2. The van der Waals surface area contributed by atoms with E-state index in [1.54, 1.807) is 24.4 Å². The van der Waals surface area contributed by atoms with Gasteiger partial charge in [-0.2, -0.15) is 5.26 Å². The molecule has 1 saturated carbocycles. The van der Waals surface area contributed by atoms with E-state index in [-0.39, 0.29) is 25.0 Å². The third kappa shape index (κ3) is 10.3. The maximum absolute atomic E-state index is 11.8. The van der Waals surface area contributed by atoms with Gasteiger partial charge < -0.3 is 24.4 Å². The van der Waals surface area contributed by atoms with Crippen molar-refractivity contribution in [3.8, 4) is 45.6 Å². The molecule has 0 bridgehead atoms. The van der Waals surface area contributed by atoms with Crippen molar-refractivity contribution in [1.29, 1.82) is 5.26 Å². The minimum atomic E-state index is -1.05. The fourth-order valence-electron chi connectivity index (χ4n) is 8.52. The predicted octanol–water partition coefficient (Wildman–Crippen LogP) is 9.31. The summed E-state index contributed by atoms with van der Waals surface area (Å²) in [6, 6.07) is 28.2. The molecular formula is C49H50ClN3O7. The quantitative estimate of drug-likeness (QED) is 0.0878. The number of pyridine rings is 1. The number of carboxylic acid groups (broad SMARTS) is 1. The maximum Gasteiger partial charge on any atom is 0.305 e. The smallest absolute Gasteiger partial charge is 0.305 e. The van der Waals surface area contributed by atoms with Gasteiger partial charge in [-0.05, 0) is 108 Å². The third-order valence-corrected chi connectivity index (χ3v) is 12.0. The lowest BCUT2D eigenvalue weighted by atomic mass is 9.78. The molecule has 2 heterocycles. The number of likely N-dealkylation sites (tertiary alicyclic amines) is 1. The second kappa shape index (κ2) is 19.1. The van der Waals surface area contributed by atoms with E-state index in [4.69, 9.17) is 30.9 Å². The summed E-state index contributed by atoms with van der Waals surface area (Å²) in [4.78, 5) is 29.3. The van der Waals surface area contributed by atoms with Crippen molar-refractivity contribution in [2.24, 2.45) is 5.41 Å². The number of hydrogen-bond acceptors (Lipinski definition) is 9. The lowest BCUT2D eigenvalue weighted by Gasteiger charge is -2.47. The summed E-state index contributed by atoms with van der Waals surface area (Å²) in [6.07, 6.45) is 5.69. The largest absolute Gasteiger partial charge is 0.492 e. The Bertz CT molecular complexity index is 2390. The molecule has 1 saturated heterocycles. The van der Waals surface area contributed by atoms with Gasteiger partial charge in [0.1, 0.15) is 48.9 Å². The average molecular weight is 828 g/mol. The van der Waals surface area contributed by atoms with Gasteiger partial charge in [-0.15, -0.1) is 0 Å². The molecule has 4 aromatic carbocycles. The number of Topliss-reactive ketones (excluding diaryl/α,β-unsaturated/α-hetero) is 1. The lowest BCUT2D eigenvalue weighted by molar-refractivity contribution is -0.139. The molecule has 1 atom stereocenters. The first-order valence-corrected chi connectivity index (χ1v) is 20.8. The molecule has 2 aliphatic rings. The Morgan fingerprint density at radius 3 is 2.38 bits per heavy atom. The number of aliphatic carboxylic acids is 1. The van der Waals surface area contributed by atoms with Gasteiger partial charge in [0.15, 0.2) is 0 Å². The Kier molecular flexibility index (Phi) is 13.5. The maximum atomic E-state index is 11.8. The standard InChI is InChI=1S/C49H50ClN3O7/c1-32-38(29-60-47-23-46(59-28-35-20-34(25-51)26-52-27-35)37(21-45(47)50)6-3-8-39(54)22-48(56)57)7-4-10-43(32)44-11-5-9-42(33(44)2)36-12-14-41(15-13-36)58-19-18-53-30-49(31-53)17-16-40(55)24-49/h4-5,7,9-15,20-21,23,26-27,39,54H,3,6,8,16-19,22,24,28-31H2,1-2H3,(H,56,57)/t39-/m1/s1. The van der Waals surface area contributed by atoms with Crippen molar-refractivity contribution in [3.05, 3.63) is 130 Å². The van der Waals surface area contributed by atoms with Gasteiger partial charge in [-0.3, -0.25) is 19.5 Å². The van der Waals surface area contributed by atoms with E-state index >= 15 is 0 Å². The summed E-state index contributed by atoms with van der Waals surface area (Å²) in [6.45, 7) is 8.13. The van der Waals surface area contributed by atoms with Gasteiger partial charge in [0.2, 0.25) is 0 Å². The number of halogens is 1. The number of hydrogen-bond donors (Lipinski definition) is 2. The molecule has 310 valence electrons. The zero-order valence-electron chi connectivity index (χ0n) is 34.1. The number of aliphatic hydroxyl groups is 1. The van der Waals surface area contributed by atoms with Gasteiger partial charge in [0.25, 0.3) is 0 Å². The molecule has 1 spiro atoms. The molecule has 10 nitrogen and oxygen atoms in total. The molecule has 0 radical (unpaired) electrons. The minimum absolute atomic E-state index is 0.153. The molecule has 60 heavy (non-hydrogen) atoms. The number of carbonyl (C=O) groups excluding carboxylic acids is 1.